The van der Waals surface area contributed by atoms with Crippen molar-refractivity contribution in [3.8, 4) is 0 Å². The SMILES string of the molecule is O=CC(O)[C@H](O)[C@H](O[C@H]1OC(C(=O)[O-])[C@H](O[C@@H]2OC(C(=O)[O-])[C@@H](O)[C@@H](O)C2O)C(O)[C@H]1O)C(O)C(=O)[O-].[Na+].[Na+].[Na+]. The fourth-order valence-electron chi connectivity index (χ4n) is 3.51. The molecule has 2 rings (SSSR count). The molecule has 0 aromatic carbocycles. The van der Waals surface area contributed by atoms with Gasteiger partial charge in [0.05, 0.1) is 17.9 Å². The Morgan fingerprint density at radius 3 is 1.65 bits per heavy atom. The summed E-state index contributed by atoms with van der Waals surface area (Å²) in [6.45, 7) is 0. The molecule has 2 saturated heterocycles. The number of aliphatic carboxylic acids is 3. The minimum Gasteiger partial charge on any atom is -0.547 e. The molecule has 0 radical (unpaired) electrons. The first kappa shape index (κ1) is 42.7. The van der Waals surface area contributed by atoms with Crippen LogP contribution in [0.1, 0.15) is 0 Å². The maximum Gasteiger partial charge on any atom is 1.00 e. The first-order valence-electron chi connectivity index (χ1n) is 10.3. The molecule has 2 aliphatic rings. The Labute approximate surface area is 290 Å². The molecule has 19 nitrogen and oxygen atoms in total. The maximum atomic E-state index is 11.6. The largest absolute Gasteiger partial charge is 1.00 e. The minimum absolute atomic E-state index is 0. The number of aliphatic hydroxyl groups is 8. The first-order chi connectivity index (χ1) is 17.1. The molecule has 0 spiro atoms. The van der Waals surface area contributed by atoms with E-state index in [1.54, 1.807) is 0 Å². The van der Waals surface area contributed by atoms with Crippen molar-refractivity contribution in [2.24, 2.45) is 0 Å². The molecule has 6 unspecified atom stereocenters. The number of carbonyl (C=O) groups is 4. The summed E-state index contributed by atoms with van der Waals surface area (Å²) >= 11 is 0. The van der Waals surface area contributed by atoms with Gasteiger partial charge in [-0.25, -0.2) is 0 Å². The summed E-state index contributed by atoms with van der Waals surface area (Å²) < 4.78 is 19.5. The molecule has 0 amide bonds. The molecule has 0 saturated carbocycles. The van der Waals surface area contributed by atoms with Gasteiger partial charge in [0, 0.05) is 0 Å². The van der Waals surface area contributed by atoms with Crippen LogP contribution in [-0.4, -0.2) is 151 Å². The van der Waals surface area contributed by atoms with Crippen molar-refractivity contribution in [1.29, 1.82) is 0 Å². The summed E-state index contributed by atoms with van der Waals surface area (Å²) in [5.74, 6) is -6.60. The number of hydrogen-bond acceptors (Lipinski definition) is 19. The van der Waals surface area contributed by atoms with Crippen LogP contribution in [0, 0.1) is 0 Å². The fourth-order valence-corrected chi connectivity index (χ4v) is 3.51. The summed E-state index contributed by atoms with van der Waals surface area (Å²) in [6, 6.07) is 0. The van der Waals surface area contributed by atoms with Gasteiger partial charge in [-0.2, -0.15) is 0 Å². The topological polar surface area (TPSA) is 336 Å². The summed E-state index contributed by atoms with van der Waals surface area (Å²) in [5, 5.41) is 113. The first-order valence-corrected chi connectivity index (χ1v) is 10.3. The Morgan fingerprint density at radius 1 is 0.725 bits per heavy atom. The Morgan fingerprint density at radius 2 is 1.20 bits per heavy atom. The van der Waals surface area contributed by atoms with Crippen LogP contribution in [-0.2, 0) is 38.1 Å². The van der Waals surface area contributed by atoms with Crippen LogP contribution in [0.4, 0.5) is 0 Å². The molecule has 0 bridgehead atoms. The molecule has 2 heterocycles. The van der Waals surface area contributed by atoms with Gasteiger partial charge in [-0.15, -0.1) is 0 Å². The zero-order valence-electron chi connectivity index (χ0n) is 21.2. The third kappa shape index (κ3) is 9.81. The zero-order chi connectivity index (χ0) is 28.4. The summed E-state index contributed by atoms with van der Waals surface area (Å²) in [7, 11) is 0. The predicted octanol–water partition coefficient (Wildman–Crippen LogP) is -20.4. The van der Waals surface area contributed by atoms with Crippen LogP contribution in [0.15, 0.2) is 0 Å². The molecule has 212 valence electrons. The summed E-state index contributed by atoms with van der Waals surface area (Å²) in [4.78, 5) is 44.5. The van der Waals surface area contributed by atoms with Gasteiger partial charge in [0.15, 0.2) is 18.9 Å². The van der Waals surface area contributed by atoms with Crippen LogP contribution in [0.2, 0.25) is 0 Å². The van der Waals surface area contributed by atoms with E-state index in [1.165, 1.54) is 0 Å². The Kier molecular flexibility index (Phi) is 19.7. The standard InChI is InChI=1S/C18H26O19.3Na/c19-1-2(20)3(21)10(9(27)14(28)29)34-18-8(26)6(24)11(13(37-18)16(32)33)35-17-7(25)4(22)5(23)12(36-17)15(30)31;;;/h1-13,17-18,20-27H,(H,28,29)(H,30,31)(H,32,33);;;/q;3*+1/p-3/t2?,3-,4+,5-,6?,7?,8+,9?,10-,11+,12?,13?,17+,18-;;;/m0.../s1. The molecule has 22 heteroatoms. The van der Waals surface area contributed by atoms with Crippen LogP contribution in [0.3, 0.4) is 0 Å². The zero-order valence-corrected chi connectivity index (χ0v) is 27.2. The van der Waals surface area contributed by atoms with E-state index in [4.69, 9.17) is 18.9 Å². The molecule has 8 N–H and O–H groups in total. The van der Waals surface area contributed by atoms with Crippen LogP contribution < -0.4 is 104 Å². The van der Waals surface area contributed by atoms with Gasteiger partial charge < -0.3 is 94.3 Å². The van der Waals surface area contributed by atoms with Crippen LogP contribution in [0.25, 0.3) is 0 Å². The van der Waals surface area contributed by atoms with Crippen molar-refractivity contribution in [2.75, 3.05) is 0 Å². The van der Waals surface area contributed by atoms with Crippen molar-refractivity contribution in [3.63, 3.8) is 0 Å². The molecular formula is C18H23Na3O19. The summed E-state index contributed by atoms with van der Waals surface area (Å²) in [6.07, 6.45) is -33.8. The Bertz CT molecular complexity index is 851. The number of ether oxygens (including phenoxy) is 4. The summed E-state index contributed by atoms with van der Waals surface area (Å²) in [5.41, 5.74) is 0. The predicted molar refractivity (Wildman–Crippen MR) is 96.2 cm³/mol. The smallest absolute Gasteiger partial charge is 0.547 e. The average Bonchev–Trinajstić information content (AvgIpc) is 2.84. The van der Waals surface area contributed by atoms with Gasteiger partial charge in [-0.1, -0.05) is 0 Å². The molecule has 40 heavy (non-hydrogen) atoms. The number of rotatable bonds is 11. The fraction of sp³-hybridized carbons (Fsp3) is 0.778. The number of hydrogen-bond donors (Lipinski definition) is 8. The van der Waals surface area contributed by atoms with E-state index in [1.807, 2.05) is 0 Å². The van der Waals surface area contributed by atoms with Crippen molar-refractivity contribution >= 4 is 24.2 Å². The molecule has 0 aromatic rings. The van der Waals surface area contributed by atoms with E-state index in [2.05, 4.69) is 0 Å². The number of aldehydes is 1. The van der Waals surface area contributed by atoms with Gasteiger partial charge in [0.25, 0.3) is 0 Å². The minimum atomic E-state index is -2.80. The van der Waals surface area contributed by atoms with Crippen LogP contribution >= 0.6 is 0 Å². The van der Waals surface area contributed by atoms with Gasteiger partial charge in [-0.3, -0.25) is 0 Å². The van der Waals surface area contributed by atoms with E-state index in [0.717, 1.165) is 0 Å². The number of carbonyl (C=O) groups excluding carboxylic acids is 4. The Hall–Kier alpha value is 0.600. The van der Waals surface area contributed by atoms with Gasteiger partial charge in [0.2, 0.25) is 0 Å². The molecule has 2 fully saturated rings. The molecule has 14 atom stereocenters. The number of carboxylic acid groups (broad SMARTS) is 3. The Balaban J connectivity index is 0. The van der Waals surface area contributed by atoms with Crippen LogP contribution in [0.5, 0.6) is 0 Å². The quantitative estimate of drug-likeness (QED) is 0.0792. The van der Waals surface area contributed by atoms with E-state index in [0.29, 0.717) is 0 Å². The third-order valence-electron chi connectivity index (χ3n) is 5.54. The van der Waals surface area contributed by atoms with Crippen molar-refractivity contribution in [1.82, 2.24) is 0 Å². The van der Waals surface area contributed by atoms with Crippen molar-refractivity contribution < 1.29 is 183 Å². The molecule has 0 aromatic heterocycles. The number of aliphatic hydroxyl groups excluding tert-OH is 8. The second-order valence-electron chi connectivity index (χ2n) is 8.02. The molecule has 0 aliphatic carbocycles. The van der Waals surface area contributed by atoms with Gasteiger partial charge in [-0.05, 0) is 0 Å². The molecular weight excluding hydrogens is 589 g/mol. The third-order valence-corrected chi connectivity index (χ3v) is 5.54. The van der Waals surface area contributed by atoms with Crippen molar-refractivity contribution in [2.45, 2.75) is 85.8 Å². The number of carboxylic acids is 3. The van der Waals surface area contributed by atoms with Gasteiger partial charge >= 0.3 is 88.7 Å². The molecule has 2 aliphatic heterocycles. The van der Waals surface area contributed by atoms with E-state index in [-0.39, 0.29) is 95.0 Å². The van der Waals surface area contributed by atoms with Crippen molar-refractivity contribution in [3.05, 3.63) is 0 Å². The van der Waals surface area contributed by atoms with E-state index in [9.17, 15) is 75.3 Å². The second-order valence-corrected chi connectivity index (χ2v) is 8.02. The van der Waals surface area contributed by atoms with E-state index < -0.39 is 104 Å². The van der Waals surface area contributed by atoms with Gasteiger partial charge in [0.1, 0.15) is 73.2 Å². The monoisotopic (exact) mass is 612 g/mol. The second kappa shape index (κ2) is 18.4. The average molecular weight is 612 g/mol. The van der Waals surface area contributed by atoms with E-state index >= 15 is 0 Å². The maximum absolute atomic E-state index is 11.6. The normalized spacial score (nSPS) is 36.7.